The summed E-state index contributed by atoms with van der Waals surface area (Å²) in [6.07, 6.45) is 0.577. The summed E-state index contributed by atoms with van der Waals surface area (Å²) < 4.78 is 5.28. The Hall–Kier alpha value is -2.99. The van der Waals surface area contributed by atoms with Crippen molar-refractivity contribution in [2.75, 3.05) is 0 Å². The Balaban J connectivity index is 1.61. The highest BCUT2D eigenvalue weighted by molar-refractivity contribution is 5.83. The molecule has 0 radical (unpaired) electrons. The molecule has 3 rings (SSSR count). The molecule has 134 valence electrons. The molecule has 0 saturated carbocycles. The molecule has 1 heterocycles. The molecule has 0 bridgehead atoms. The van der Waals surface area contributed by atoms with Crippen molar-refractivity contribution in [2.45, 2.75) is 32.4 Å². The number of rotatable bonds is 6. The molecule has 0 aliphatic carbocycles. The second-order valence-electron chi connectivity index (χ2n) is 6.33. The third-order valence-electron chi connectivity index (χ3n) is 4.14. The third kappa shape index (κ3) is 4.34. The van der Waals surface area contributed by atoms with Crippen molar-refractivity contribution in [3.8, 4) is 0 Å². The van der Waals surface area contributed by atoms with Crippen LogP contribution < -0.4 is 11.1 Å². The molecule has 2 aromatic carbocycles. The number of nitrogens with zero attached hydrogens (tertiary/aromatic N) is 2. The van der Waals surface area contributed by atoms with Crippen LogP contribution >= 0.6 is 0 Å². The van der Waals surface area contributed by atoms with Crippen LogP contribution in [0.3, 0.4) is 0 Å². The highest BCUT2D eigenvalue weighted by Gasteiger charge is 2.21. The van der Waals surface area contributed by atoms with Gasteiger partial charge in [0.05, 0.1) is 0 Å². The fourth-order valence-corrected chi connectivity index (χ4v) is 2.58. The van der Waals surface area contributed by atoms with Gasteiger partial charge in [0.25, 0.3) is 0 Å². The van der Waals surface area contributed by atoms with Crippen molar-refractivity contribution in [3.63, 3.8) is 0 Å². The molecule has 0 aliphatic rings. The molecule has 2 atom stereocenters. The standard InChI is InChI=1S/C20H22N4O2/c1-13-8-10-16(11-9-13)18(21)19(25)22-14(2)20-23-17(24-26-20)12-15-6-4-3-5-7-15/h3-11,14,18H,12,21H2,1-2H3,(H,22,25). The second-order valence-corrected chi connectivity index (χ2v) is 6.33. The summed E-state index contributed by atoms with van der Waals surface area (Å²) >= 11 is 0. The highest BCUT2D eigenvalue weighted by Crippen LogP contribution is 2.16. The summed E-state index contributed by atoms with van der Waals surface area (Å²) in [4.78, 5) is 16.8. The average Bonchev–Trinajstić information content (AvgIpc) is 3.11. The van der Waals surface area contributed by atoms with Crippen LogP contribution in [0.15, 0.2) is 59.1 Å². The van der Waals surface area contributed by atoms with Crippen molar-refractivity contribution >= 4 is 5.91 Å². The smallest absolute Gasteiger partial charge is 0.248 e. The molecular formula is C20H22N4O2. The van der Waals surface area contributed by atoms with Crippen molar-refractivity contribution in [1.29, 1.82) is 0 Å². The SMILES string of the molecule is Cc1ccc(C(N)C(=O)NC(C)c2nc(Cc3ccccc3)no2)cc1. The lowest BCUT2D eigenvalue weighted by Gasteiger charge is -2.15. The Bertz CT molecular complexity index is 859. The Kier molecular flexibility index (Phi) is 5.43. The molecule has 0 spiro atoms. The summed E-state index contributed by atoms with van der Waals surface area (Å²) in [5.41, 5.74) is 9.02. The fraction of sp³-hybridized carbons (Fsp3) is 0.250. The maximum Gasteiger partial charge on any atom is 0.248 e. The zero-order valence-electron chi connectivity index (χ0n) is 14.8. The van der Waals surface area contributed by atoms with Crippen LogP contribution in [0.2, 0.25) is 0 Å². The van der Waals surface area contributed by atoms with Crippen molar-refractivity contribution in [2.24, 2.45) is 5.73 Å². The quantitative estimate of drug-likeness (QED) is 0.713. The van der Waals surface area contributed by atoms with Crippen molar-refractivity contribution in [3.05, 3.63) is 83.0 Å². The van der Waals surface area contributed by atoms with Crippen molar-refractivity contribution < 1.29 is 9.32 Å². The number of aromatic nitrogens is 2. The summed E-state index contributed by atoms with van der Waals surface area (Å²) in [5, 5.41) is 6.81. The van der Waals surface area contributed by atoms with E-state index < -0.39 is 12.1 Å². The van der Waals surface area contributed by atoms with Crippen LogP contribution in [0.1, 0.15) is 47.4 Å². The van der Waals surface area contributed by atoms with Gasteiger partial charge in [0, 0.05) is 6.42 Å². The molecule has 2 unspecified atom stereocenters. The lowest BCUT2D eigenvalue weighted by atomic mass is 10.1. The van der Waals surface area contributed by atoms with Gasteiger partial charge < -0.3 is 15.6 Å². The minimum absolute atomic E-state index is 0.288. The molecule has 6 nitrogen and oxygen atoms in total. The van der Waals surface area contributed by atoms with E-state index in [9.17, 15) is 4.79 Å². The first-order chi connectivity index (χ1) is 12.5. The minimum Gasteiger partial charge on any atom is -0.343 e. The Labute approximate surface area is 152 Å². The van der Waals surface area contributed by atoms with Gasteiger partial charge in [-0.25, -0.2) is 0 Å². The molecule has 26 heavy (non-hydrogen) atoms. The first-order valence-electron chi connectivity index (χ1n) is 8.52. The molecule has 6 heteroatoms. The summed E-state index contributed by atoms with van der Waals surface area (Å²) in [7, 11) is 0. The molecule has 0 saturated heterocycles. The summed E-state index contributed by atoms with van der Waals surface area (Å²) in [5.74, 6) is 0.652. The van der Waals surface area contributed by atoms with Gasteiger partial charge in [-0.15, -0.1) is 0 Å². The highest BCUT2D eigenvalue weighted by atomic mass is 16.5. The number of hydrogen-bond acceptors (Lipinski definition) is 5. The number of aryl methyl sites for hydroxylation is 1. The Morgan fingerprint density at radius 2 is 1.85 bits per heavy atom. The summed E-state index contributed by atoms with van der Waals surface area (Å²) in [6.45, 7) is 3.78. The van der Waals surface area contributed by atoms with E-state index in [1.807, 2.05) is 61.5 Å². The van der Waals surface area contributed by atoms with Crippen LogP contribution in [0.4, 0.5) is 0 Å². The molecule has 1 amide bonds. The van der Waals surface area contributed by atoms with E-state index in [0.29, 0.717) is 18.1 Å². The Morgan fingerprint density at radius 1 is 1.15 bits per heavy atom. The predicted octanol–water partition coefficient (Wildman–Crippen LogP) is 2.85. The molecule has 0 aliphatic heterocycles. The van der Waals surface area contributed by atoms with Crippen LogP contribution in [-0.2, 0) is 11.2 Å². The number of nitrogens with one attached hydrogen (secondary N) is 1. The fourth-order valence-electron chi connectivity index (χ4n) is 2.58. The number of carbonyl (C=O) groups is 1. The van der Waals surface area contributed by atoms with Crippen LogP contribution in [0, 0.1) is 6.92 Å². The van der Waals surface area contributed by atoms with E-state index in [1.54, 1.807) is 6.92 Å². The van der Waals surface area contributed by atoms with Crippen molar-refractivity contribution in [1.82, 2.24) is 15.5 Å². The normalized spacial score (nSPS) is 13.2. The van der Waals surface area contributed by atoms with Gasteiger partial charge in [-0.2, -0.15) is 4.98 Å². The van der Waals surface area contributed by atoms with Gasteiger partial charge in [-0.05, 0) is 25.0 Å². The Morgan fingerprint density at radius 3 is 2.54 bits per heavy atom. The summed E-state index contributed by atoms with van der Waals surface area (Å²) in [6, 6.07) is 16.3. The molecular weight excluding hydrogens is 328 g/mol. The average molecular weight is 350 g/mol. The number of benzene rings is 2. The second kappa shape index (κ2) is 7.93. The largest absolute Gasteiger partial charge is 0.343 e. The van der Waals surface area contributed by atoms with Gasteiger partial charge in [-0.3, -0.25) is 4.79 Å². The van der Waals surface area contributed by atoms with Gasteiger partial charge in [0.15, 0.2) is 5.82 Å². The first kappa shape index (κ1) is 17.8. The minimum atomic E-state index is -0.746. The number of amides is 1. The predicted molar refractivity (Wildman–Crippen MR) is 98.2 cm³/mol. The molecule has 3 aromatic rings. The zero-order chi connectivity index (χ0) is 18.5. The van der Waals surface area contributed by atoms with E-state index in [-0.39, 0.29) is 5.91 Å². The monoisotopic (exact) mass is 350 g/mol. The first-order valence-corrected chi connectivity index (χ1v) is 8.52. The van der Waals surface area contributed by atoms with Crippen LogP contribution in [0.25, 0.3) is 0 Å². The van der Waals surface area contributed by atoms with E-state index in [1.165, 1.54) is 0 Å². The maximum absolute atomic E-state index is 12.4. The lowest BCUT2D eigenvalue weighted by molar-refractivity contribution is -0.123. The lowest BCUT2D eigenvalue weighted by Crippen LogP contribution is -2.35. The van der Waals surface area contributed by atoms with Gasteiger partial charge in [-0.1, -0.05) is 65.3 Å². The zero-order valence-corrected chi connectivity index (χ0v) is 14.8. The third-order valence-corrected chi connectivity index (χ3v) is 4.14. The van der Waals surface area contributed by atoms with Crippen LogP contribution in [-0.4, -0.2) is 16.0 Å². The van der Waals surface area contributed by atoms with Gasteiger partial charge in [0.1, 0.15) is 12.1 Å². The van der Waals surface area contributed by atoms with E-state index in [4.69, 9.17) is 10.3 Å². The topological polar surface area (TPSA) is 94.0 Å². The molecule has 1 aromatic heterocycles. The number of carbonyl (C=O) groups excluding carboxylic acids is 1. The molecule has 3 N–H and O–H groups in total. The molecule has 0 fully saturated rings. The van der Waals surface area contributed by atoms with E-state index >= 15 is 0 Å². The number of nitrogens with two attached hydrogens (primary N) is 1. The van der Waals surface area contributed by atoms with Crippen LogP contribution in [0.5, 0.6) is 0 Å². The van der Waals surface area contributed by atoms with Gasteiger partial charge >= 0.3 is 0 Å². The van der Waals surface area contributed by atoms with Gasteiger partial charge in [0.2, 0.25) is 11.8 Å². The maximum atomic E-state index is 12.4. The van der Waals surface area contributed by atoms with E-state index in [0.717, 1.165) is 16.7 Å². The number of hydrogen-bond donors (Lipinski definition) is 2. The van der Waals surface area contributed by atoms with E-state index in [2.05, 4.69) is 15.5 Å².